The molecule has 3 aromatic rings. The van der Waals surface area contributed by atoms with E-state index < -0.39 is 10.0 Å². The zero-order valence-corrected chi connectivity index (χ0v) is 14.9. The van der Waals surface area contributed by atoms with E-state index >= 15 is 0 Å². The topological polar surface area (TPSA) is 111 Å². The molecule has 9 heteroatoms. The first-order valence-corrected chi connectivity index (χ1v) is 10.0. The van der Waals surface area contributed by atoms with Crippen molar-refractivity contribution >= 4 is 21.1 Å². The molecule has 1 aliphatic heterocycles. The molecule has 3 heterocycles. The standard InChI is InChI=1S/C17H20N4O4S/c22-17-19-13-6-5-12(10-14(13)20-17)26(23,24)18-11-15(16-4-3-9-25-16)21-7-1-2-8-21/h3-6,9-10,15,18H,1-2,7-8,11H2,(H2,19,20,22). The van der Waals surface area contributed by atoms with Crippen molar-refractivity contribution < 1.29 is 12.8 Å². The lowest BCUT2D eigenvalue weighted by molar-refractivity contribution is 0.216. The molecular formula is C17H20N4O4S. The zero-order valence-electron chi connectivity index (χ0n) is 14.1. The fourth-order valence-electron chi connectivity index (χ4n) is 3.39. The highest BCUT2D eigenvalue weighted by molar-refractivity contribution is 7.89. The number of imidazole rings is 1. The Balaban J connectivity index is 1.56. The van der Waals surface area contributed by atoms with Crippen molar-refractivity contribution in [3.05, 3.63) is 52.8 Å². The number of fused-ring (bicyclic) bond motifs is 1. The summed E-state index contributed by atoms with van der Waals surface area (Å²) in [5.41, 5.74) is 0.661. The normalized spacial score (nSPS) is 17.1. The van der Waals surface area contributed by atoms with Gasteiger partial charge in [0.1, 0.15) is 5.76 Å². The van der Waals surface area contributed by atoms with Crippen LogP contribution in [0, 0.1) is 0 Å². The van der Waals surface area contributed by atoms with Crippen LogP contribution in [0.25, 0.3) is 11.0 Å². The van der Waals surface area contributed by atoms with Gasteiger partial charge in [0, 0.05) is 6.54 Å². The number of likely N-dealkylation sites (tertiary alicyclic amines) is 1. The number of aromatic amines is 2. The molecule has 1 atom stereocenters. The monoisotopic (exact) mass is 376 g/mol. The molecule has 26 heavy (non-hydrogen) atoms. The molecule has 3 N–H and O–H groups in total. The molecule has 138 valence electrons. The van der Waals surface area contributed by atoms with Crippen LogP contribution in [0.15, 0.2) is 50.7 Å². The molecule has 0 amide bonds. The van der Waals surface area contributed by atoms with Gasteiger partial charge in [0.2, 0.25) is 10.0 Å². The summed E-state index contributed by atoms with van der Waals surface area (Å²) in [6.07, 6.45) is 3.80. The van der Waals surface area contributed by atoms with Gasteiger partial charge in [-0.15, -0.1) is 0 Å². The Morgan fingerprint density at radius 2 is 1.92 bits per heavy atom. The van der Waals surface area contributed by atoms with Gasteiger partial charge < -0.3 is 14.4 Å². The Labute approximate surface area is 150 Å². The van der Waals surface area contributed by atoms with Crippen LogP contribution in [-0.4, -0.2) is 42.9 Å². The first-order valence-electron chi connectivity index (χ1n) is 8.52. The quantitative estimate of drug-likeness (QED) is 0.605. The molecule has 1 aliphatic rings. The highest BCUT2D eigenvalue weighted by Crippen LogP contribution is 2.25. The summed E-state index contributed by atoms with van der Waals surface area (Å²) in [7, 11) is -3.71. The van der Waals surface area contributed by atoms with E-state index in [1.54, 1.807) is 12.3 Å². The third-order valence-electron chi connectivity index (χ3n) is 4.72. The van der Waals surface area contributed by atoms with Crippen molar-refractivity contribution in [3.63, 3.8) is 0 Å². The molecule has 0 radical (unpaired) electrons. The smallest absolute Gasteiger partial charge is 0.323 e. The molecular weight excluding hydrogens is 356 g/mol. The van der Waals surface area contributed by atoms with Crippen molar-refractivity contribution in [2.75, 3.05) is 19.6 Å². The van der Waals surface area contributed by atoms with Gasteiger partial charge in [-0.3, -0.25) is 4.90 Å². The van der Waals surface area contributed by atoms with Crippen LogP contribution in [0.4, 0.5) is 0 Å². The summed E-state index contributed by atoms with van der Waals surface area (Å²) >= 11 is 0. The van der Waals surface area contributed by atoms with Crippen LogP contribution in [0.2, 0.25) is 0 Å². The number of furan rings is 1. The Kier molecular flexibility index (Phi) is 4.43. The number of nitrogens with one attached hydrogen (secondary N) is 3. The summed E-state index contributed by atoms with van der Waals surface area (Å²) in [6, 6.07) is 8.04. The van der Waals surface area contributed by atoms with Gasteiger partial charge in [-0.2, -0.15) is 0 Å². The molecule has 8 nitrogen and oxygen atoms in total. The minimum atomic E-state index is -3.71. The summed E-state index contributed by atoms with van der Waals surface area (Å²) in [5, 5.41) is 0. The van der Waals surface area contributed by atoms with Crippen molar-refractivity contribution in [2.24, 2.45) is 0 Å². The van der Waals surface area contributed by atoms with E-state index in [4.69, 9.17) is 4.42 Å². The SMILES string of the molecule is O=c1[nH]c2ccc(S(=O)(=O)NCC(c3ccco3)N3CCCC3)cc2[nH]1. The third-order valence-corrected chi connectivity index (χ3v) is 6.14. The first-order chi connectivity index (χ1) is 12.5. The largest absolute Gasteiger partial charge is 0.468 e. The fraction of sp³-hybridized carbons (Fsp3) is 0.353. The van der Waals surface area contributed by atoms with Gasteiger partial charge in [0.15, 0.2) is 0 Å². The van der Waals surface area contributed by atoms with Crippen molar-refractivity contribution in [1.29, 1.82) is 0 Å². The maximum atomic E-state index is 12.7. The van der Waals surface area contributed by atoms with Gasteiger partial charge in [-0.25, -0.2) is 17.9 Å². The van der Waals surface area contributed by atoms with E-state index in [0.29, 0.717) is 11.0 Å². The second kappa shape index (κ2) is 6.75. The number of rotatable bonds is 6. The maximum absolute atomic E-state index is 12.7. The minimum Gasteiger partial charge on any atom is -0.468 e. The predicted octanol–water partition coefficient (Wildman–Crippen LogP) is 1.56. The number of H-pyrrole nitrogens is 2. The molecule has 0 aliphatic carbocycles. The highest BCUT2D eigenvalue weighted by atomic mass is 32.2. The number of nitrogens with zero attached hydrogens (tertiary/aromatic N) is 1. The Bertz CT molecular complexity index is 1050. The zero-order chi connectivity index (χ0) is 18.1. The molecule has 4 rings (SSSR count). The number of sulfonamides is 1. The van der Waals surface area contributed by atoms with Gasteiger partial charge >= 0.3 is 5.69 Å². The molecule has 0 bridgehead atoms. The number of benzene rings is 1. The van der Waals surface area contributed by atoms with Crippen LogP contribution >= 0.6 is 0 Å². The van der Waals surface area contributed by atoms with E-state index in [2.05, 4.69) is 19.6 Å². The summed E-state index contributed by atoms with van der Waals surface area (Å²) in [6.45, 7) is 2.06. The van der Waals surface area contributed by atoms with Crippen molar-refractivity contribution in [3.8, 4) is 0 Å². The molecule has 1 unspecified atom stereocenters. The lowest BCUT2D eigenvalue weighted by atomic mass is 10.2. The van der Waals surface area contributed by atoms with Crippen LogP contribution in [0.1, 0.15) is 24.6 Å². The number of hydrogen-bond acceptors (Lipinski definition) is 5. The van der Waals surface area contributed by atoms with Crippen molar-refractivity contribution in [2.45, 2.75) is 23.8 Å². The molecule has 1 saturated heterocycles. The predicted molar refractivity (Wildman–Crippen MR) is 96.4 cm³/mol. The first kappa shape index (κ1) is 17.1. The van der Waals surface area contributed by atoms with E-state index in [0.717, 1.165) is 31.7 Å². The third kappa shape index (κ3) is 3.33. The van der Waals surface area contributed by atoms with Gasteiger partial charge in [-0.1, -0.05) is 0 Å². The van der Waals surface area contributed by atoms with Gasteiger partial charge in [0.05, 0.1) is 28.2 Å². The fourth-order valence-corrected chi connectivity index (χ4v) is 4.46. The Morgan fingerprint density at radius 1 is 1.15 bits per heavy atom. The average Bonchev–Trinajstić information content (AvgIpc) is 3.35. The molecule has 2 aromatic heterocycles. The summed E-state index contributed by atoms with van der Waals surface area (Å²) in [5.74, 6) is 0.750. The van der Waals surface area contributed by atoms with E-state index in [1.165, 1.54) is 12.1 Å². The van der Waals surface area contributed by atoms with E-state index in [9.17, 15) is 13.2 Å². The maximum Gasteiger partial charge on any atom is 0.323 e. The van der Waals surface area contributed by atoms with E-state index in [1.807, 2.05) is 12.1 Å². The van der Waals surface area contributed by atoms with Crippen LogP contribution in [0.3, 0.4) is 0 Å². The van der Waals surface area contributed by atoms with Crippen LogP contribution in [-0.2, 0) is 10.0 Å². The number of aromatic nitrogens is 2. The Morgan fingerprint density at radius 3 is 2.65 bits per heavy atom. The second-order valence-corrected chi connectivity index (χ2v) is 8.18. The highest BCUT2D eigenvalue weighted by Gasteiger charge is 2.27. The van der Waals surface area contributed by atoms with Gasteiger partial charge in [0.25, 0.3) is 0 Å². The molecule has 1 fully saturated rings. The second-order valence-electron chi connectivity index (χ2n) is 6.41. The minimum absolute atomic E-state index is 0.111. The molecule has 1 aromatic carbocycles. The number of hydrogen-bond donors (Lipinski definition) is 3. The van der Waals surface area contributed by atoms with Crippen LogP contribution < -0.4 is 10.4 Å². The lowest BCUT2D eigenvalue weighted by Crippen LogP contribution is -2.36. The lowest BCUT2D eigenvalue weighted by Gasteiger charge is -2.25. The van der Waals surface area contributed by atoms with Crippen molar-refractivity contribution in [1.82, 2.24) is 19.6 Å². The molecule has 0 saturated carbocycles. The average molecular weight is 376 g/mol. The summed E-state index contributed by atoms with van der Waals surface area (Å²) < 4.78 is 33.6. The summed E-state index contributed by atoms with van der Waals surface area (Å²) in [4.78, 5) is 18.9. The van der Waals surface area contributed by atoms with Gasteiger partial charge in [-0.05, 0) is 56.3 Å². The Hall–Kier alpha value is -2.36. The molecule has 0 spiro atoms. The van der Waals surface area contributed by atoms with E-state index in [-0.39, 0.29) is 23.2 Å². The van der Waals surface area contributed by atoms with Crippen LogP contribution in [0.5, 0.6) is 0 Å².